The fourth-order valence-corrected chi connectivity index (χ4v) is 3.68. The number of rotatable bonds is 2. The predicted molar refractivity (Wildman–Crippen MR) is 89.0 cm³/mol. The van der Waals surface area contributed by atoms with Crippen molar-refractivity contribution in [3.05, 3.63) is 70.3 Å². The molecule has 3 heteroatoms. The molecule has 0 aliphatic heterocycles. The zero-order valence-corrected chi connectivity index (χ0v) is 13.8. The molecule has 108 valence electrons. The Hall–Kier alpha value is -1.61. The lowest BCUT2D eigenvalue weighted by molar-refractivity contribution is 0.0937. The van der Waals surface area contributed by atoms with E-state index in [9.17, 15) is 4.79 Å². The number of aryl methyl sites for hydroxylation is 2. The van der Waals surface area contributed by atoms with Crippen molar-refractivity contribution >= 4 is 21.8 Å². The van der Waals surface area contributed by atoms with Gasteiger partial charge in [0.25, 0.3) is 5.91 Å². The maximum Gasteiger partial charge on any atom is 0.252 e. The number of hydrogen-bond donors (Lipinski definition) is 1. The van der Waals surface area contributed by atoms with Gasteiger partial charge in [-0.15, -0.1) is 0 Å². The molecule has 2 nitrogen and oxygen atoms in total. The molecule has 21 heavy (non-hydrogen) atoms. The van der Waals surface area contributed by atoms with Crippen LogP contribution < -0.4 is 5.32 Å². The lowest BCUT2D eigenvalue weighted by Gasteiger charge is -2.18. The average Bonchev–Trinajstić information content (AvgIpc) is 2.78. The molecule has 1 aliphatic rings. The van der Waals surface area contributed by atoms with E-state index < -0.39 is 0 Å². The summed E-state index contributed by atoms with van der Waals surface area (Å²) in [5.41, 5.74) is 5.41. The molecule has 0 saturated heterocycles. The summed E-state index contributed by atoms with van der Waals surface area (Å²) in [5, 5.41) is 3.18. The number of benzene rings is 2. The molecule has 1 amide bonds. The Morgan fingerprint density at radius 1 is 1.19 bits per heavy atom. The van der Waals surface area contributed by atoms with Crippen molar-refractivity contribution < 1.29 is 4.79 Å². The van der Waals surface area contributed by atoms with Crippen molar-refractivity contribution in [3.63, 3.8) is 0 Å². The van der Waals surface area contributed by atoms with Gasteiger partial charge >= 0.3 is 0 Å². The van der Waals surface area contributed by atoms with Crippen LogP contribution in [-0.4, -0.2) is 10.7 Å². The van der Waals surface area contributed by atoms with Gasteiger partial charge in [0.05, 0.1) is 6.04 Å². The van der Waals surface area contributed by atoms with Crippen LogP contribution in [0.3, 0.4) is 0 Å². The number of fused-ring (bicyclic) bond motifs is 1. The van der Waals surface area contributed by atoms with Crippen LogP contribution in [0.25, 0.3) is 0 Å². The third-order valence-corrected chi connectivity index (χ3v) is 4.94. The van der Waals surface area contributed by atoms with Gasteiger partial charge in [-0.05, 0) is 43.0 Å². The van der Waals surface area contributed by atoms with Crippen LogP contribution in [0.5, 0.6) is 0 Å². The number of alkyl halides is 1. The topological polar surface area (TPSA) is 29.1 Å². The van der Waals surface area contributed by atoms with Gasteiger partial charge in [-0.2, -0.15) is 0 Å². The first kappa shape index (κ1) is 14.3. The van der Waals surface area contributed by atoms with E-state index in [1.807, 2.05) is 44.2 Å². The van der Waals surface area contributed by atoms with E-state index in [0.29, 0.717) is 0 Å². The molecule has 2 aromatic rings. The summed E-state index contributed by atoms with van der Waals surface area (Å²) in [6, 6.07) is 14.3. The van der Waals surface area contributed by atoms with E-state index in [1.54, 1.807) is 0 Å². The first-order valence-electron chi connectivity index (χ1n) is 7.16. The predicted octanol–water partition coefficient (Wildman–Crippen LogP) is 4.09. The Balaban J connectivity index is 1.87. The van der Waals surface area contributed by atoms with Crippen molar-refractivity contribution in [1.82, 2.24) is 5.32 Å². The van der Waals surface area contributed by atoms with Crippen LogP contribution in [0.1, 0.15) is 38.7 Å². The highest BCUT2D eigenvalue weighted by Crippen LogP contribution is 2.35. The lowest BCUT2D eigenvalue weighted by Crippen LogP contribution is -2.32. The van der Waals surface area contributed by atoms with Crippen LogP contribution in [0.15, 0.2) is 42.5 Å². The highest BCUT2D eigenvalue weighted by Gasteiger charge is 2.31. The van der Waals surface area contributed by atoms with Crippen molar-refractivity contribution in [1.29, 1.82) is 0 Å². The third kappa shape index (κ3) is 2.75. The summed E-state index contributed by atoms with van der Waals surface area (Å²) in [5.74, 6) is 0.00218. The zero-order valence-electron chi connectivity index (χ0n) is 12.2. The molecular formula is C18H18BrNO. The molecule has 0 saturated carbocycles. The summed E-state index contributed by atoms with van der Waals surface area (Å²) < 4.78 is 0. The van der Waals surface area contributed by atoms with Crippen LogP contribution in [0.4, 0.5) is 0 Å². The number of halogens is 1. The third-order valence-electron chi connectivity index (χ3n) is 4.09. The number of carbonyl (C=O) groups is 1. The summed E-state index contributed by atoms with van der Waals surface area (Å²) in [7, 11) is 0. The minimum Gasteiger partial charge on any atom is -0.344 e. The highest BCUT2D eigenvalue weighted by molar-refractivity contribution is 9.09. The largest absolute Gasteiger partial charge is 0.344 e. The van der Waals surface area contributed by atoms with E-state index in [0.717, 1.165) is 23.1 Å². The zero-order chi connectivity index (χ0) is 15.0. The van der Waals surface area contributed by atoms with E-state index in [1.165, 1.54) is 11.1 Å². The van der Waals surface area contributed by atoms with Gasteiger partial charge in [0.2, 0.25) is 0 Å². The van der Waals surface area contributed by atoms with Gasteiger partial charge in [-0.25, -0.2) is 0 Å². The maximum absolute atomic E-state index is 12.6. The fraction of sp³-hybridized carbons (Fsp3) is 0.278. The van der Waals surface area contributed by atoms with Crippen molar-refractivity contribution in [2.75, 3.05) is 0 Å². The first-order chi connectivity index (χ1) is 10.1. The SMILES string of the molecule is Cc1ccc(C)c(C(=O)NC2c3ccccc3CC2Br)c1. The van der Waals surface area contributed by atoms with Crippen LogP contribution in [0.2, 0.25) is 0 Å². The molecule has 3 rings (SSSR count). The molecule has 0 heterocycles. The highest BCUT2D eigenvalue weighted by atomic mass is 79.9. The molecule has 0 spiro atoms. The van der Waals surface area contributed by atoms with E-state index >= 15 is 0 Å². The summed E-state index contributed by atoms with van der Waals surface area (Å²) >= 11 is 3.70. The quantitative estimate of drug-likeness (QED) is 0.817. The molecule has 2 unspecified atom stereocenters. The second-order valence-electron chi connectivity index (χ2n) is 5.69. The molecule has 0 radical (unpaired) electrons. The average molecular weight is 344 g/mol. The fourth-order valence-electron chi connectivity index (χ4n) is 2.91. The van der Waals surface area contributed by atoms with Gasteiger partial charge in [0.1, 0.15) is 0 Å². The molecule has 1 N–H and O–H groups in total. The Morgan fingerprint density at radius 2 is 1.95 bits per heavy atom. The first-order valence-corrected chi connectivity index (χ1v) is 8.08. The maximum atomic E-state index is 12.6. The van der Waals surface area contributed by atoms with Crippen molar-refractivity contribution in [2.45, 2.75) is 31.1 Å². The Kier molecular flexibility index (Phi) is 3.85. The van der Waals surface area contributed by atoms with E-state index in [-0.39, 0.29) is 16.8 Å². The molecule has 0 aromatic heterocycles. The van der Waals surface area contributed by atoms with Gasteiger partial charge in [0.15, 0.2) is 0 Å². The van der Waals surface area contributed by atoms with Gasteiger partial charge < -0.3 is 5.32 Å². The van der Waals surface area contributed by atoms with Gasteiger partial charge in [-0.3, -0.25) is 4.79 Å². The number of hydrogen-bond acceptors (Lipinski definition) is 1. The molecule has 2 aromatic carbocycles. The Bertz CT molecular complexity index is 695. The summed E-state index contributed by atoms with van der Waals surface area (Å²) in [6.07, 6.45) is 0.952. The second kappa shape index (κ2) is 5.64. The molecule has 0 fully saturated rings. The van der Waals surface area contributed by atoms with Gasteiger partial charge in [-0.1, -0.05) is 57.9 Å². The molecule has 0 bridgehead atoms. The van der Waals surface area contributed by atoms with E-state index in [4.69, 9.17) is 0 Å². The van der Waals surface area contributed by atoms with Crippen molar-refractivity contribution in [3.8, 4) is 0 Å². The standard InChI is InChI=1S/C18H18BrNO/c1-11-7-8-12(2)15(9-11)18(21)20-17-14-6-4-3-5-13(14)10-16(17)19/h3-9,16-17H,10H2,1-2H3,(H,20,21). The Morgan fingerprint density at radius 3 is 2.76 bits per heavy atom. The minimum atomic E-state index is 0.00218. The summed E-state index contributed by atoms with van der Waals surface area (Å²) in [4.78, 5) is 12.9. The Labute approximate surface area is 133 Å². The molecule has 1 aliphatic carbocycles. The lowest BCUT2D eigenvalue weighted by atomic mass is 10.0. The number of amides is 1. The normalized spacial score (nSPS) is 20.1. The minimum absolute atomic E-state index is 0.00218. The van der Waals surface area contributed by atoms with E-state index in [2.05, 4.69) is 33.4 Å². The van der Waals surface area contributed by atoms with Crippen LogP contribution in [-0.2, 0) is 6.42 Å². The molecule has 2 atom stereocenters. The number of nitrogens with one attached hydrogen (secondary N) is 1. The van der Waals surface area contributed by atoms with Crippen LogP contribution in [0, 0.1) is 13.8 Å². The number of carbonyl (C=O) groups excluding carboxylic acids is 1. The monoisotopic (exact) mass is 343 g/mol. The smallest absolute Gasteiger partial charge is 0.252 e. The summed E-state index contributed by atoms with van der Waals surface area (Å²) in [6.45, 7) is 3.98. The van der Waals surface area contributed by atoms with Crippen LogP contribution >= 0.6 is 15.9 Å². The van der Waals surface area contributed by atoms with Crippen molar-refractivity contribution in [2.24, 2.45) is 0 Å². The second-order valence-corrected chi connectivity index (χ2v) is 6.86. The molecular weight excluding hydrogens is 326 g/mol. The van der Waals surface area contributed by atoms with Gasteiger partial charge in [0, 0.05) is 10.4 Å².